The summed E-state index contributed by atoms with van der Waals surface area (Å²) in [5.74, 6) is 0. The zero-order valence-corrected chi connectivity index (χ0v) is 12.4. The fourth-order valence-electron chi connectivity index (χ4n) is 2.46. The van der Waals surface area contributed by atoms with Gasteiger partial charge in [-0.2, -0.15) is 0 Å². The molecule has 0 amide bonds. The van der Waals surface area contributed by atoms with Crippen molar-refractivity contribution in [3.63, 3.8) is 0 Å². The first-order valence-electron chi connectivity index (χ1n) is 6.84. The molecule has 0 aromatic carbocycles. The smallest absolute Gasteiger partial charge is 0.331 e. The van der Waals surface area contributed by atoms with E-state index in [1.54, 1.807) is 0 Å². The zero-order valence-electron chi connectivity index (χ0n) is 11.5. The topological polar surface area (TPSA) is 67.8 Å². The molecule has 0 bridgehead atoms. The van der Waals surface area contributed by atoms with Gasteiger partial charge in [0.1, 0.15) is 0 Å². The Morgan fingerprint density at radius 2 is 1.78 bits per heavy atom. The molecular formula is C12H26NO4P. The van der Waals surface area contributed by atoms with Crippen molar-refractivity contribution < 1.29 is 18.7 Å². The number of rotatable bonds is 9. The normalized spacial score (nSPS) is 19.3. The Kier molecular flexibility index (Phi) is 6.82. The molecule has 5 nitrogen and oxygen atoms in total. The van der Waals surface area contributed by atoms with Crippen LogP contribution in [0.2, 0.25) is 0 Å². The molecule has 0 aromatic heterocycles. The lowest BCUT2D eigenvalue weighted by Crippen LogP contribution is -2.47. The van der Waals surface area contributed by atoms with Crippen LogP contribution < -0.4 is 5.32 Å². The molecule has 0 unspecified atom stereocenters. The summed E-state index contributed by atoms with van der Waals surface area (Å²) < 4.78 is 22.7. The highest BCUT2D eigenvalue weighted by Gasteiger charge is 2.33. The minimum Gasteiger partial charge on any atom is -0.394 e. The molecule has 0 aromatic rings. The molecule has 18 heavy (non-hydrogen) atoms. The highest BCUT2D eigenvalue weighted by molar-refractivity contribution is 7.53. The van der Waals surface area contributed by atoms with E-state index in [1.165, 1.54) is 0 Å². The van der Waals surface area contributed by atoms with Gasteiger partial charge in [-0.25, -0.2) is 0 Å². The van der Waals surface area contributed by atoms with Crippen LogP contribution in [-0.4, -0.2) is 43.2 Å². The Balaban J connectivity index is 2.40. The van der Waals surface area contributed by atoms with E-state index in [9.17, 15) is 9.67 Å². The largest absolute Gasteiger partial charge is 0.394 e. The number of nitrogens with one attached hydrogen (secondary N) is 1. The van der Waals surface area contributed by atoms with Crippen molar-refractivity contribution >= 4 is 7.60 Å². The van der Waals surface area contributed by atoms with Gasteiger partial charge in [-0.1, -0.05) is 12.8 Å². The average Bonchev–Trinajstić information content (AvgIpc) is 2.79. The van der Waals surface area contributed by atoms with Crippen molar-refractivity contribution in [2.45, 2.75) is 45.1 Å². The van der Waals surface area contributed by atoms with Gasteiger partial charge in [-0.3, -0.25) is 4.57 Å². The molecule has 108 valence electrons. The lowest BCUT2D eigenvalue weighted by Gasteiger charge is -2.29. The summed E-state index contributed by atoms with van der Waals surface area (Å²) in [6.07, 6.45) is 4.61. The highest BCUT2D eigenvalue weighted by atomic mass is 31.2. The zero-order chi connectivity index (χ0) is 13.5. The summed E-state index contributed by atoms with van der Waals surface area (Å²) in [6, 6.07) is 0. The first-order chi connectivity index (χ1) is 8.60. The maximum absolute atomic E-state index is 12.2. The fraction of sp³-hybridized carbons (Fsp3) is 1.00. The quantitative estimate of drug-likeness (QED) is 0.633. The molecule has 1 rings (SSSR count). The van der Waals surface area contributed by atoms with Gasteiger partial charge in [0.05, 0.1) is 26.0 Å². The van der Waals surface area contributed by atoms with Gasteiger partial charge in [-0.15, -0.1) is 0 Å². The molecule has 0 radical (unpaired) electrons. The molecule has 1 saturated carbocycles. The minimum atomic E-state index is -2.96. The Morgan fingerprint density at radius 1 is 1.22 bits per heavy atom. The Labute approximate surface area is 110 Å². The van der Waals surface area contributed by atoms with Crippen molar-refractivity contribution in [3.05, 3.63) is 0 Å². The maximum Gasteiger partial charge on any atom is 0.331 e. The maximum atomic E-state index is 12.2. The second-order valence-electron chi connectivity index (χ2n) is 4.74. The van der Waals surface area contributed by atoms with Crippen molar-refractivity contribution in [2.75, 3.05) is 32.5 Å². The molecule has 1 fully saturated rings. The number of hydrogen-bond acceptors (Lipinski definition) is 5. The SMILES string of the molecule is CCOP(=O)(CCNC1(CO)CCCC1)OCC. The summed E-state index contributed by atoms with van der Waals surface area (Å²) in [5.41, 5.74) is -0.177. The molecular weight excluding hydrogens is 253 g/mol. The predicted octanol–water partition coefficient (Wildman–Crippen LogP) is 2.15. The minimum absolute atomic E-state index is 0.139. The van der Waals surface area contributed by atoms with Crippen LogP contribution in [0.3, 0.4) is 0 Å². The van der Waals surface area contributed by atoms with Gasteiger partial charge in [0.15, 0.2) is 0 Å². The van der Waals surface area contributed by atoms with Crippen LogP contribution in [0, 0.1) is 0 Å². The molecule has 0 spiro atoms. The lowest BCUT2D eigenvalue weighted by molar-refractivity contribution is 0.164. The van der Waals surface area contributed by atoms with Gasteiger partial charge in [0.25, 0.3) is 0 Å². The third-order valence-corrected chi connectivity index (χ3v) is 5.48. The van der Waals surface area contributed by atoms with Crippen LogP contribution in [0.1, 0.15) is 39.5 Å². The summed E-state index contributed by atoms with van der Waals surface area (Å²) in [4.78, 5) is 0. The van der Waals surface area contributed by atoms with Crippen LogP contribution in [0.15, 0.2) is 0 Å². The van der Waals surface area contributed by atoms with Crippen molar-refractivity contribution in [1.82, 2.24) is 5.32 Å². The summed E-state index contributed by atoms with van der Waals surface area (Å²) in [7, 11) is -2.96. The second-order valence-corrected chi connectivity index (χ2v) is 6.93. The van der Waals surface area contributed by atoms with Gasteiger partial charge in [0.2, 0.25) is 0 Å². The molecule has 1 aliphatic rings. The van der Waals surface area contributed by atoms with Gasteiger partial charge < -0.3 is 19.5 Å². The number of hydrogen-bond donors (Lipinski definition) is 2. The van der Waals surface area contributed by atoms with Crippen LogP contribution >= 0.6 is 7.60 Å². The van der Waals surface area contributed by atoms with E-state index < -0.39 is 7.60 Å². The van der Waals surface area contributed by atoms with Gasteiger partial charge in [-0.05, 0) is 26.7 Å². The first kappa shape index (κ1) is 16.1. The highest BCUT2D eigenvalue weighted by Crippen LogP contribution is 2.47. The van der Waals surface area contributed by atoms with Gasteiger partial charge >= 0.3 is 7.60 Å². The van der Waals surface area contributed by atoms with Crippen LogP contribution in [0.4, 0.5) is 0 Å². The van der Waals surface area contributed by atoms with E-state index in [0.29, 0.717) is 25.9 Å². The van der Waals surface area contributed by atoms with E-state index >= 15 is 0 Å². The molecule has 2 N–H and O–H groups in total. The molecule has 0 atom stereocenters. The molecule has 6 heteroatoms. The predicted molar refractivity (Wildman–Crippen MR) is 72.0 cm³/mol. The van der Waals surface area contributed by atoms with Crippen molar-refractivity contribution in [1.29, 1.82) is 0 Å². The van der Waals surface area contributed by atoms with E-state index in [2.05, 4.69) is 5.32 Å². The van der Waals surface area contributed by atoms with Crippen molar-refractivity contribution in [3.8, 4) is 0 Å². The van der Waals surface area contributed by atoms with E-state index in [-0.39, 0.29) is 12.1 Å². The fourth-order valence-corrected chi connectivity index (χ4v) is 3.97. The molecule has 0 saturated heterocycles. The van der Waals surface area contributed by atoms with Gasteiger partial charge in [0, 0.05) is 12.1 Å². The van der Waals surface area contributed by atoms with Crippen LogP contribution in [0.5, 0.6) is 0 Å². The Morgan fingerprint density at radius 3 is 2.22 bits per heavy atom. The van der Waals surface area contributed by atoms with Crippen LogP contribution in [0.25, 0.3) is 0 Å². The second kappa shape index (κ2) is 7.61. The van der Waals surface area contributed by atoms with E-state index in [4.69, 9.17) is 9.05 Å². The summed E-state index contributed by atoms with van der Waals surface area (Å²) in [6.45, 7) is 5.10. The van der Waals surface area contributed by atoms with Crippen molar-refractivity contribution in [2.24, 2.45) is 0 Å². The first-order valence-corrected chi connectivity index (χ1v) is 8.56. The number of aliphatic hydroxyl groups is 1. The average molecular weight is 279 g/mol. The Hall–Kier alpha value is 0.0700. The monoisotopic (exact) mass is 279 g/mol. The van der Waals surface area contributed by atoms with E-state index in [0.717, 1.165) is 25.7 Å². The lowest BCUT2D eigenvalue weighted by atomic mass is 9.99. The molecule has 0 heterocycles. The number of aliphatic hydroxyl groups excluding tert-OH is 1. The Bertz CT molecular complexity index is 269. The summed E-state index contributed by atoms with van der Waals surface area (Å²) >= 11 is 0. The molecule has 0 aliphatic heterocycles. The molecule has 1 aliphatic carbocycles. The third kappa shape index (κ3) is 4.63. The van der Waals surface area contributed by atoms with E-state index in [1.807, 2.05) is 13.8 Å². The third-order valence-electron chi connectivity index (χ3n) is 3.40. The van der Waals surface area contributed by atoms with Crippen LogP contribution in [-0.2, 0) is 13.6 Å². The standard InChI is InChI=1S/C12H26NO4P/c1-3-16-18(15,17-4-2)10-9-13-12(11-14)7-5-6-8-12/h13-14H,3-11H2,1-2H3. The summed E-state index contributed by atoms with van der Waals surface area (Å²) in [5, 5.41) is 12.8.